The van der Waals surface area contributed by atoms with Crippen molar-refractivity contribution in [3.05, 3.63) is 46.3 Å². The second kappa shape index (κ2) is 8.73. The van der Waals surface area contributed by atoms with Crippen LogP contribution >= 0.6 is 11.3 Å². The molecule has 1 N–H and O–H groups in total. The predicted octanol–water partition coefficient (Wildman–Crippen LogP) is 2.79. The number of thiophene rings is 1. The number of aryl methyl sites for hydroxylation is 2. The van der Waals surface area contributed by atoms with E-state index in [0.29, 0.717) is 24.0 Å². The van der Waals surface area contributed by atoms with E-state index in [0.717, 1.165) is 37.4 Å². The van der Waals surface area contributed by atoms with Crippen LogP contribution in [0.1, 0.15) is 28.5 Å². The first-order valence-corrected chi connectivity index (χ1v) is 12.5. The second-order valence-electron chi connectivity index (χ2n) is 7.79. The van der Waals surface area contributed by atoms with Crippen LogP contribution in [0.3, 0.4) is 0 Å². The van der Waals surface area contributed by atoms with E-state index in [1.54, 1.807) is 6.07 Å². The van der Waals surface area contributed by atoms with Gasteiger partial charge in [0.15, 0.2) is 0 Å². The maximum absolute atomic E-state index is 12.8. The second-order valence-corrected chi connectivity index (χ2v) is 11.1. The minimum Gasteiger partial charge on any atom is -0.379 e. The first kappa shape index (κ1) is 20.8. The van der Waals surface area contributed by atoms with E-state index in [1.807, 2.05) is 13.0 Å². The van der Waals surface area contributed by atoms with Crippen LogP contribution in [0.2, 0.25) is 0 Å². The van der Waals surface area contributed by atoms with Crippen molar-refractivity contribution in [2.75, 3.05) is 51.3 Å². The van der Waals surface area contributed by atoms with Crippen LogP contribution in [0.4, 0.5) is 5.69 Å². The fourth-order valence-electron chi connectivity index (χ4n) is 4.18. The third-order valence-corrected chi connectivity index (χ3v) is 8.69. The molecule has 158 valence electrons. The molecule has 0 spiro atoms. The van der Waals surface area contributed by atoms with Gasteiger partial charge in [-0.05, 0) is 49.1 Å². The van der Waals surface area contributed by atoms with Gasteiger partial charge in [0.2, 0.25) is 10.0 Å². The first-order valence-electron chi connectivity index (χ1n) is 10.2. The van der Waals surface area contributed by atoms with Crippen molar-refractivity contribution in [1.29, 1.82) is 0 Å². The lowest BCUT2D eigenvalue weighted by Gasteiger charge is -2.36. The van der Waals surface area contributed by atoms with E-state index < -0.39 is 10.0 Å². The maximum atomic E-state index is 12.8. The largest absolute Gasteiger partial charge is 0.379 e. The molecule has 4 rings (SSSR count). The van der Waals surface area contributed by atoms with E-state index >= 15 is 0 Å². The molecule has 29 heavy (non-hydrogen) atoms. The molecule has 0 saturated carbocycles. The lowest BCUT2D eigenvalue weighted by molar-refractivity contribution is 0.0172. The van der Waals surface area contributed by atoms with Crippen LogP contribution in [0.5, 0.6) is 0 Å². The Morgan fingerprint density at radius 2 is 1.97 bits per heavy atom. The van der Waals surface area contributed by atoms with Crippen LogP contribution in [-0.4, -0.2) is 59.8 Å². The molecule has 2 aromatic rings. The van der Waals surface area contributed by atoms with E-state index in [-0.39, 0.29) is 6.04 Å². The van der Waals surface area contributed by atoms with Gasteiger partial charge in [-0.25, -0.2) is 13.1 Å². The number of sulfonamides is 1. The Morgan fingerprint density at radius 1 is 1.17 bits per heavy atom. The van der Waals surface area contributed by atoms with E-state index in [2.05, 4.69) is 39.8 Å². The third-order valence-electron chi connectivity index (χ3n) is 5.77. The number of fused-ring (bicyclic) bond motifs is 1. The van der Waals surface area contributed by atoms with E-state index in [4.69, 9.17) is 4.74 Å². The summed E-state index contributed by atoms with van der Waals surface area (Å²) in [6.45, 7) is 6.34. The van der Waals surface area contributed by atoms with Crippen LogP contribution in [0.15, 0.2) is 34.5 Å². The molecule has 6 nitrogen and oxygen atoms in total. The van der Waals surface area contributed by atoms with Gasteiger partial charge in [0.25, 0.3) is 0 Å². The van der Waals surface area contributed by atoms with E-state index in [1.165, 1.54) is 28.2 Å². The highest BCUT2D eigenvalue weighted by Crippen LogP contribution is 2.31. The van der Waals surface area contributed by atoms with Gasteiger partial charge in [-0.15, -0.1) is 11.3 Å². The molecule has 2 aliphatic rings. The Kier molecular flexibility index (Phi) is 6.27. The molecule has 0 aliphatic carbocycles. The Labute approximate surface area is 177 Å². The molecular weight excluding hydrogens is 406 g/mol. The fraction of sp³-hybridized carbons (Fsp3) is 0.524. The standard InChI is InChI=1S/C21H29N3O3S2/c1-16-5-8-21(28-16)29(25,26)22-15-20(24-10-12-27-13-11-24)18-6-7-19-17(14-18)4-3-9-23(19)2/h5-8,14,20,22H,3-4,9-13,15H2,1-2H3. The molecule has 0 amide bonds. The third kappa shape index (κ3) is 4.67. The SMILES string of the molecule is Cc1ccc(S(=O)(=O)NCC(c2ccc3c(c2)CCCN3C)N2CCOCC2)s1. The molecule has 3 heterocycles. The van der Waals surface area contributed by atoms with Gasteiger partial charge >= 0.3 is 0 Å². The molecular formula is C21H29N3O3S2. The molecule has 0 bridgehead atoms. The van der Waals surface area contributed by atoms with Crippen molar-refractivity contribution in [2.24, 2.45) is 0 Å². The summed E-state index contributed by atoms with van der Waals surface area (Å²) >= 11 is 1.31. The normalized spacial score (nSPS) is 19.2. The quantitative estimate of drug-likeness (QED) is 0.756. The molecule has 1 unspecified atom stereocenters. The Bertz CT molecular complexity index is 952. The van der Waals surface area contributed by atoms with Crippen molar-refractivity contribution in [2.45, 2.75) is 30.0 Å². The van der Waals surface area contributed by atoms with Crippen molar-refractivity contribution >= 4 is 27.0 Å². The number of nitrogens with one attached hydrogen (secondary N) is 1. The summed E-state index contributed by atoms with van der Waals surface area (Å²) in [6, 6.07) is 10.1. The number of rotatable bonds is 6. The summed E-state index contributed by atoms with van der Waals surface area (Å²) in [5, 5.41) is 0. The summed E-state index contributed by atoms with van der Waals surface area (Å²) < 4.78 is 34.3. The van der Waals surface area contributed by atoms with Gasteiger partial charge in [0.1, 0.15) is 4.21 Å². The average molecular weight is 436 g/mol. The predicted molar refractivity (Wildman–Crippen MR) is 117 cm³/mol. The minimum atomic E-state index is -3.50. The topological polar surface area (TPSA) is 61.9 Å². The lowest BCUT2D eigenvalue weighted by Crippen LogP contribution is -2.43. The zero-order valence-corrected chi connectivity index (χ0v) is 18.7. The molecule has 1 fully saturated rings. The van der Waals surface area contributed by atoms with Crippen LogP contribution < -0.4 is 9.62 Å². The number of benzene rings is 1. The highest BCUT2D eigenvalue weighted by atomic mass is 32.2. The van der Waals surface area contributed by atoms with Crippen molar-refractivity contribution in [1.82, 2.24) is 9.62 Å². The van der Waals surface area contributed by atoms with E-state index in [9.17, 15) is 8.42 Å². The Hall–Kier alpha value is -1.45. The van der Waals surface area contributed by atoms with Gasteiger partial charge in [-0.1, -0.05) is 12.1 Å². The van der Waals surface area contributed by atoms with Crippen LogP contribution in [0.25, 0.3) is 0 Å². The Morgan fingerprint density at radius 3 is 2.69 bits per heavy atom. The highest BCUT2D eigenvalue weighted by molar-refractivity contribution is 7.91. The van der Waals surface area contributed by atoms with Gasteiger partial charge in [-0.3, -0.25) is 4.90 Å². The van der Waals surface area contributed by atoms with Crippen LogP contribution in [0, 0.1) is 6.92 Å². The number of hydrogen-bond acceptors (Lipinski definition) is 6. The highest BCUT2D eigenvalue weighted by Gasteiger charge is 2.27. The monoisotopic (exact) mass is 435 g/mol. The number of ether oxygens (including phenoxy) is 1. The number of hydrogen-bond donors (Lipinski definition) is 1. The van der Waals surface area contributed by atoms with Crippen molar-refractivity contribution in [3.8, 4) is 0 Å². The molecule has 2 aliphatic heterocycles. The summed E-state index contributed by atoms with van der Waals surface area (Å²) in [5.41, 5.74) is 3.81. The summed E-state index contributed by atoms with van der Waals surface area (Å²) in [6.07, 6.45) is 2.23. The van der Waals surface area contributed by atoms with Gasteiger partial charge in [-0.2, -0.15) is 0 Å². The molecule has 1 aromatic heterocycles. The van der Waals surface area contributed by atoms with Gasteiger partial charge in [0.05, 0.1) is 13.2 Å². The molecule has 1 atom stereocenters. The zero-order valence-electron chi connectivity index (χ0n) is 17.1. The van der Waals surface area contributed by atoms with Crippen molar-refractivity contribution < 1.29 is 13.2 Å². The molecule has 1 aromatic carbocycles. The molecule has 1 saturated heterocycles. The summed E-state index contributed by atoms with van der Waals surface area (Å²) in [4.78, 5) is 5.63. The minimum absolute atomic E-state index is 0.00716. The summed E-state index contributed by atoms with van der Waals surface area (Å²) in [7, 11) is -1.37. The summed E-state index contributed by atoms with van der Waals surface area (Å²) in [5.74, 6) is 0. The van der Waals surface area contributed by atoms with Crippen molar-refractivity contribution in [3.63, 3.8) is 0 Å². The first-order chi connectivity index (χ1) is 13.9. The lowest BCUT2D eigenvalue weighted by atomic mass is 9.96. The fourth-order valence-corrected chi connectivity index (χ4v) is 6.54. The maximum Gasteiger partial charge on any atom is 0.250 e. The Balaban J connectivity index is 1.58. The number of anilines is 1. The zero-order chi connectivity index (χ0) is 20.4. The average Bonchev–Trinajstić information content (AvgIpc) is 3.16. The number of morpholine rings is 1. The number of nitrogens with zero attached hydrogens (tertiary/aromatic N) is 2. The smallest absolute Gasteiger partial charge is 0.250 e. The molecule has 8 heteroatoms. The van der Waals surface area contributed by atoms with Crippen LogP contribution in [-0.2, 0) is 21.2 Å². The van der Waals surface area contributed by atoms with Gasteiger partial charge in [0, 0.05) is 49.8 Å². The molecule has 0 radical (unpaired) electrons. The van der Waals surface area contributed by atoms with Gasteiger partial charge < -0.3 is 9.64 Å².